The number of hydrogen-bond donors (Lipinski definition) is 2. The number of carbonyl (C=O) groups excluding carboxylic acids is 1. The van der Waals surface area contributed by atoms with Crippen LogP contribution in [0.3, 0.4) is 0 Å². The Labute approximate surface area is 155 Å². The predicted molar refractivity (Wildman–Crippen MR) is 99.3 cm³/mol. The average molecular weight is 359 g/mol. The summed E-state index contributed by atoms with van der Waals surface area (Å²) in [6, 6.07) is 10.1. The van der Waals surface area contributed by atoms with Gasteiger partial charge in [-0.1, -0.05) is 30.3 Å². The van der Waals surface area contributed by atoms with Crippen LogP contribution in [0, 0.1) is 11.8 Å². The van der Waals surface area contributed by atoms with Gasteiger partial charge in [-0.05, 0) is 50.2 Å². The Kier molecular flexibility index (Phi) is 6.69. The zero-order valence-corrected chi connectivity index (χ0v) is 15.4. The quantitative estimate of drug-likeness (QED) is 0.711. The van der Waals surface area contributed by atoms with E-state index >= 15 is 0 Å². The molecule has 1 amide bonds. The van der Waals surface area contributed by atoms with E-state index in [1.54, 1.807) is 0 Å². The fourth-order valence-corrected chi connectivity index (χ4v) is 3.47. The third-order valence-electron chi connectivity index (χ3n) is 5.07. The standard InChI is InChI=1S/C21H29NO4/c1-2-25-21-17(9-6-12-23)18(16-7-4-3-5-8-16)13-19(26-21)20(24)22-14-15-10-11-15/h3-5,7-8,13,15,17-18,21,23H,2,6,9-12,14H2,1H3,(H,22,24)/t17-,18+,21+/m0/s1. The largest absolute Gasteiger partial charge is 0.459 e. The molecule has 1 fully saturated rings. The van der Waals surface area contributed by atoms with Crippen LogP contribution in [0.25, 0.3) is 0 Å². The third-order valence-corrected chi connectivity index (χ3v) is 5.07. The summed E-state index contributed by atoms with van der Waals surface area (Å²) in [5.74, 6) is 0.883. The molecular formula is C21H29NO4. The van der Waals surface area contributed by atoms with E-state index in [9.17, 15) is 9.90 Å². The van der Waals surface area contributed by atoms with Crippen molar-refractivity contribution in [3.8, 4) is 0 Å². The first-order chi connectivity index (χ1) is 12.7. The minimum absolute atomic E-state index is 0.0229. The molecule has 0 bridgehead atoms. The number of benzene rings is 1. The van der Waals surface area contributed by atoms with Crippen LogP contribution in [0.2, 0.25) is 0 Å². The van der Waals surface area contributed by atoms with Gasteiger partial charge in [-0.25, -0.2) is 0 Å². The minimum atomic E-state index is -0.483. The van der Waals surface area contributed by atoms with E-state index in [-0.39, 0.29) is 24.3 Å². The average Bonchev–Trinajstić information content (AvgIpc) is 3.50. The number of nitrogens with one attached hydrogen (secondary N) is 1. The van der Waals surface area contributed by atoms with Gasteiger partial charge in [-0.3, -0.25) is 4.79 Å². The molecule has 0 unspecified atom stereocenters. The molecule has 1 heterocycles. The highest BCUT2D eigenvalue weighted by atomic mass is 16.7. The number of ether oxygens (including phenoxy) is 2. The number of allylic oxidation sites excluding steroid dienone is 1. The van der Waals surface area contributed by atoms with Gasteiger partial charge in [-0.2, -0.15) is 0 Å². The van der Waals surface area contributed by atoms with E-state index in [0.29, 0.717) is 31.2 Å². The molecule has 1 aliphatic heterocycles. The van der Waals surface area contributed by atoms with Gasteiger partial charge in [0.15, 0.2) is 5.76 Å². The lowest BCUT2D eigenvalue weighted by Gasteiger charge is -2.37. The molecule has 3 rings (SSSR count). The number of rotatable bonds is 9. The predicted octanol–water partition coefficient (Wildman–Crippen LogP) is 2.96. The SMILES string of the molecule is CCO[C@@H]1OC(C(=O)NCC2CC2)=C[C@H](c2ccccc2)[C@@H]1CCCO. The highest BCUT2D eigenvalue weighted by Gasteiger charge is 2.38. The van der Waals surface area contributed by atoms with E-state index in [2.05, 4.69) is 17.4 Å². The molecule has 0 aromatic heterocycles. The monoisotopic (exact) mass is 359 g/mol. The van der Waals surface area contributed by atoms with Gasteiger partial charge in [0.1, 0.15) is 0 Å². The smallest absolute Gasteiger partial charge is 0.286 e. The summed E-state index contributed by atoms with van der Waals surface area (Å²) in [7, 11) is 0. The zero-order valence-electron chi connectivity index (χ0n) is 15.4. The van der Waals surface area contributed by atoms with Crippen LogP contribution < -0.4 is 5.32 Å². The van der Waals surface area contributed by atoms with Crippen LogP contribution in [-0.2, 0) is 14.3 Å². The van der Waals surface area contributed by atoms with Crippen molar-refractivity contribution >= 4 is 5.91 Å². The van der Waals surface area contributed by atoms with Gasteiger partial charge < -0.3 is 19.9 Å². The number of carbonyl (C=O) groups is 1. The Morgan fingerprint density at radius 2 is 2.08 bits per heavy atom. The summed E-state index contributed by atoms with van der Waals surface area (Å²) < 4.78 is 11.8. The second-order valence-electron chi connectivity index (χ2n) is 7.09. The summed E-state index contributed by atoms with van der Waals surface area (Å²) in [6.45, 7) is 3.28. The van der Waals surface area contributed by atoms with Crippen molar-refractivity contribution in [1.82, 2.24) is 5.32 Å². The fourth-order valence-electron chi connectivity index (χ4n) is 3.47. The second-order valence-corrected chi connectivity index (χ2v) is 7.09. The van der Waals surface area contributed by atoms with Crippen LogP contribution in [-0.4, -0.2) is 37.1 Å². The van der Waals surface area contributed by atoms with Gasteiger partial charge in [0.25, 0.3) is 5.91 Å². The lowest BCUT2D eigenvalue weighted by Crippen LogP contribution is -2.39. The molecule has 5 heteroatoms. The molecule has 1 saturated carbocycles. The van der Waals surface area contributed by atoms with Crippen molar-refractivity contribution < 1.29 is 19.4 Å². The Hall–Kier alpha value is -1.85. The topological polar surface area (TPSA) is 67.8 Å². The number of aliphatic hydroxyl groups excluding tert-OH is 1. The van der Waals surface area contributed by atoms with Crippen LogP contribution in [0.1, 0.15) is 44.1 Å². The highest BCUT2D eigenvalue weighted by molar-refractivity contribution is 5.91. The van der Waals surface area contributed by atoms with E-state index in [1.807, 2.05) is 31.2 Å². The lowest BCUT2D eigenvalue weighted by atomic mass is 9.80. The molecule has 0 spiro atoms. The molecule has 0 radical (unpaired) electrons. The van der Waals surface area contributed by atoms with Crippen molar-refractivity contribution in [2.75, 3.05) is 19.8 Å². The Bertz CT molecular complexity index is 612. The number of amides is 1. The van der Waals surface area contributed by atoms with Gasteiger partial charge in [-0.15, -0.1) is 0 Å². The molecule has 26 heavy (non-hydrogen) atoms. The Balaban J connectivity index is 1.83. The molecule has 1 aromatic rings. The third kappa shape index (κ3) is 4.86. The number of hydrogen-bond acceptors (Lipinski definition) is 4. The van der Waals surface area contributed by atoms with Crippen molar-refractivity contribution in [3.63, 3.8) is 0 Å². The molecule has 142 valence electrons. The molecule has 5 nitrogen and oxygen atoms in total. The summed E-state index contributed by atoms with van der Waals surface area (Å²) in [5, 5.41) is 12.3. The molecular weight excluding hydrogens is 330 g/mol. The van der Waals surface area contributed by atoms with Crippen molar-refractivity contribution in [3.05, 3.63) is 47.7 Å². The molecule has 0 saturated heterocycles. The summed E-state index contributed by atoms with van der Waals surface area (Å²) in [5.41, 5.74) is 1.14. The Morgan fingerprint density at radius 1 is 1.31 bits per heavy atom. The molecule has 1 aliphatic carbocycles. The van der Waals surface area contributed by atoms with E-state index < -0.39 is 6.29 Å². The van der Waals surface area contributed by atoms with Gasteiger partial charge in [0.2, 0.25) is 6.29 Å². The number of aliphatic hydroxyl groups is 1. The van der Waals surface area contributed by atoms with Crippen molar-refractivity contribution in [2.24, 2.45) is 11.8 Å². The minimum Gasteiger partial charge on any atom is -0.459 e. The summed E-state index contributed by atoms with van der Waals surface area (Å²) in [6.07, 6.45) is 5.28. The maximum atomic E-state index is 12.6. The van der Waals surface area contributed by atoms with Crippen LogP contribution >= 0.6 is 0 Å². The zero-order chi connectivity index (χ0) is 18.4. The first-order valence-electron chi connectivity index (χ1n) is 9.67. The highest BCUT2D eigenvalue weighted by Crippen LogP contribution is 2.39. The van der Waals surface area contributed by atoms with Crippen LogP contribution in [0.15, 0.2) is 42.2 Å². The maximum Gasteiger partial charge on any atom is 0.286 e. The molecule has 2 aliphatic rings. The van der Waals surface area contributed by atoms with E-state index in [1.165, 1.54) is 12.8 Å². The van der Waals surface area contributed by atoms with Gasteiger partial charge in [0.05, 0.1) is 0 Å². The Morgan fingerprint density at radius 3 is 2.73 bits per heavy atom. The molecule has 3 atom stereocenters. The first kappa shape index (κ1) is 18.9. The van der Waals surface area contributed by atoms with Crippen molar-refractivity contribution in [2.45, 2.75) is 44.8 Å². The van der Waals surface area contributed by atoms with E-state index in [4.69, 9.17) is 9.47 Å². The second kappa shape index (κ2) is 9.19. The summed E-state index contributed by atoms with van der Waals surface area (Å²) >= 11 is 0. The lowest BCUT2D eigenvalue weighted by molar-refractivity contribution is -0.166. The van der Waals surface area contributed by atoms with Crippen molar-refractivity contribution in [1.29, 1.82) is 0 Å². The maximum absolute atomic E-state index is 12.6. The van der Waals surface area contributed by atoms with Crippen LogP contribution in [0.4, 0.5) is 0 Å². The van der Waals surface area contributed by atoms with Gasteiger partial charge in [0, 0.05) is 31.6 Å². The normalized spacial score (nSPS) is 25.3. The van der Waals surface area contributed by atoms with Crippen LogP contribution in [0.5, 0.6) is 0 Å². The van der Waals surface area contributed by atoms with Gasteiger partial charge >= 0.3 is 0 Å². The fraction of sp³-hybridized carbons (Fsp3) is 0.571. The molecule has 1 aromatic carbocycles. The van der Waals surface area contributed by atoms with E-state index in [0.717, 1.165) is 12.0 Å². The first-order valence-corrected chi connectivity index (χ1v) is 9.67. The molecule has 2 N–H and O–H groups in total. The summed E-state index contributed by atoms with van der Waals surface area (Å²) in [4.78, 5) is 12.6.